The van der Waals surface area contributed by atoms with Crippen LogP contribution >= 0.6 is 11.6 Å². The highest BCUT2D eigenvalue weighted by atomic mass is 35.5. The van der Waals surface area contributed by atoms with Gasteiger partial charge in [-0.15, -0.1) is 0 Å². The molecule has 1 saturated carbocycles. The van der Waals surface area contributed by atoms with Gasteiger partial charge in [0.05, 0.1) is 11.2 Å². The first-order valence-corrected chi connectivity index (χ1v) is 9.16. The van der Waals surface area contributed by atoms with Crippen LogP contribution in [-0.2, 0) is 6.54 Å². The second kappa shape index (κ2) is 6.71. The fourth-order valence-corrected chi connectivity index (χ4v) is 4.09. The molecule has 1 aromatic carbocycles. The lowest BCUT2D eigenvalue weighted by molar-refractivity contribution is 0.231. The number of halogens is 1. The number of aromatic amines is 1. The average Bonchev–Trinajstić information content (AvgIpc) is 3.17. The van der Waals surface area contributed by atoms with Gasteiger partial charge in [-0.1, -0.05) is 24.4 Å². The number of hydrogen-bond donors (Lipinski definition) is 3. The van der Waals surface area contributed by atoms with Crippen molar-refractivity contribution < 1.29 is 0 Å². The molecule has 124 valence electrons. The number of nitrogens with one attached hydrogen (secondary N) is 3. The molecule has 3 N–H and O–H groups in total. The maximum absolute atomic E-state index is 6.34. The Morgan fingerprint density at radius 1 is 1.13 bits per heavy atom. The lowest BCUT2D eigenvalue weighted by Crippen LogP contribution is -2.42. The predicted molar refractivity (Wildman–Crippen MR) is 97.3 cm³/mol. The zero-order valence-electron chi connectivity index (χ0n) is 13.5. The highest BCUT2D eigenvalue weighted by Crippen LogP contribution is 2.31. The molecule has 2 aromatic rings. The van der Waals surface area contributed by atoms with Crippen molar-refractivity contribution in [1.82, 2.24) is 15.2 Å². The minimum absolute atomic E-state index is 0.594. The van der Waals surface area contributed by atoms with E-state index in [1.54, 1.807) is 0 Å². The fourth-order valence-electron chi connectivity index (χ4n) is 3.86. The third-order valence-electron chi connectivity index (χ3n) is 5.07. The molecule has 1 saturated heterocycles. The number of aromatic nitrogens is 1. The van der Waals surface area contributed by atoms with Crippen molar-refractivity contribution >= 4 is 28.2 Å². The van der Waals surface area contributed by atoms with Gasteiger partial charge in [-0.05, 0) is 31.0 Å². The lowest BCUT2D eigenvalue weighted by Gasteiger charge is -2.26. The van der Waals surface area contributed by atoms with Crippen LogP contribution in [0.5, 0.6) is 0 Å². The van der Waals surface area contributed by atoms with Crippen LogP contribution < -0.4 is 10.6 Å². The lowest BCUT2D eigenvalue weighted by atomic mass is 10.2. The summed E-state index contributed by atoms with van der Waals surface area (Å²) in [5.41, 5.74) is 3.64. The molecule has 4 nitrogen and oxygen atoms in total. The first-order valence-electron chi connectivity index (χ1n) is 8.79. The Balaban J connectivity index is 1.58. The summed E-state index contributed by atoms with van der Waals surface area (Å²) in [6, 6.07) is 6.97. The van der Waals surface area contributed by atoms with Crippen LogP contribution in [0.1, 0.15) is 31.4 Å². The number of anilines is 1. The third-order valence-corrected chi connectivity index (χ3v) is 5.29. The Bertz CT molecular complexity index is 669. The van der Waals surface area contributed by atoms with Gasteiger partial charge in [0.25, 0.3) is 0 Å². The molecule has 1 aromatic heterocycles. The van der Waals surface area contributed by atoms with Crippen molar-refractivity contribution in [1.29, 1.82) is 0 Å². The molecule has 23 heavy (non-hydrogen) atoms. The largest absolute Gasteiger partial charge is 0.381 e. The SMILES string of the molecule is Clc1cc(NC2CCCC2)c2[nH]c(CN3CCNCC3)cc2c1. The molecule has 0 radical (unpaired) electrons. The quantitative estimate of drug-likeness (QED) is 0.801. The predicted octanol–water partition coefficient (Wildman–Crippen LogP) is 3.58. The highest BCUT2D eigenvalue weighted by molar-refractivity contribution is 6.31. The molecule has 0 atom stereocenters. The standard InChI is InChI=1S/C18H25ClN4/c19-14-9-13-10-16(12-23-7-5-20-6-8-23)22-18(13)17(11-14)21-15-3-1-2-4-15/h9-11,15,20-22H,1-8,12H2. The molecule has 1 aliphatic carbocycles. The second-order valence-corrected chi connectivity index (χ2v) is 7.30. The van der Waals surface area contributed by atoms with Crippen LogP contribution in [0.2, 0.25) is 5.02 Å². The molecular weight excluding hydrogens is 308 g/mol. The number of rotatable bonds is 4. The van der Waals surface area contributed by atoms with Crippen molar-refractivity contribution in [3.05, 3.63) is 28.9 Å². The summed E-state index contributed by atoms with van der Waals surface area (Å²) in [4.78, 5) is 6.12. The summed E-state index contributed by atoms with van der Waals surface area (Å²) in [5.74, 6) is 0. The van der Waals surface area contributed by atoms with Crippen LogP contribution in [-0.4, -0.2) is 42.1 Å². The number of piperazine rings is 1. The van der Waals surface area contributed by atoms with Crippen molar-refractivity contribution in [2.75, 3.05) is 31.5 Å². The summed E-state index contributed by atoms with van der Waals surface area (Å²) in [7, 11) is 0. The average molecular weight is 333 g/mol. The first-order chi connectivity index (χ1) is 11.3. The Morgan fingerprint density at radius 2 is 1.91 bits per heavy atom. The van der Waals surface area contributed by atoms with E-state index in [0.717, 1.165) is 43.4 Å². The second-order valence-electron chi connectivity index (χ2n) is 6.86. The van der Waals surface area contributed by atoms with E-state index in [4.69, 9.17) is 11.6 Å². The van der Waals surface area contributed by atoms with Gasteiger partial charge in [0, 0.05) is 54.9 Å². The molecule has 2 aliphatic rings. The summed E-state index contributed by atoms with van der Waals surface area (Å²) < 4.78 is 0. The Kier molecular flexibility index (Phi) is 4.47. The van der Waals surface area contributed by atoms with Gasteiger partial charge in [0.2, 0.25) is 0 Å². The summed E-state index contributed by atoms with van der Waals surface area (Å²) in [6.07, 6.45) is 5.20. The third kappa shape index (κ3) is 3.49. The number of H-pyrrole nitrogens is 1. The first kappa shape index (κ1) is 15.3. The smallest absolute Gasteiger partial charge is 0.0693 e. The van der Waals surface area contributed by atoms with Gasteiger partial charge in [-0.2, -0.15) is 0 Å². The summed E-state index contributed by atoms with van der Waals surface area (Å²) in [6.45, 7) is 5.38. The van der Waals surface area contributed by atoms with Crippen LogP contribution in [0.25, 0.3) is 10.9 Å². The molecule has 2 heterocycles. The Hall–Kier alpha value is -1.23. The normalized spacial score (nSPS) is 20.4. The molecule has 2 fully saturated rings. The maximum Gasteiger partial charge on any atom is 0.0693 e. The van der Waals surface area contributed by atoms with E-state index in [1.807, 2.05) is 0 Å². The van der Waals surface area contributed by atoms with E-state index in [9.17, 15) is 0 Å². The van der Waals surface area contributed by atoms with Gasteiger partial charge in [-0.3, -0.25) is 4.90 Å². The molecule has 0 bridgehead atoms. The van der Waals surface area contributed by atoms with E-state index in [1.165, 1.54) is 42.3 Å². The van der Waals surface area contributed by atoms with E-state index in [-0.39, 0.29) is 0 Å². The van der Waals surface area contributed by atoms with Crippen molar-refractivity contribution in [3.63, 3.8) is 0 Å². The van der Waals surface area contributed by atoms with E-state index >= 15 is 0 Å². The van der Waals surface area contributed by atoms with Crippen LogP contribution in [0.4, 0.5) is 5.69 Å². The van der Waals surface area contributed by atoms with E-state index in [2.05, 4.69) is 38.7 Å². The number of hydrogen-bond acceptors (Lipinski definition) is 3. The van der Waals surface area contributed by atoms with Crippen molar-refractivity contribution in [2.24, 2.45) is 0 Å². The summed E-state index contributed by atoms with van der Waals surface area (Å²) in [5, 5.41) is 9.13. The van der Waals surface area contributed by atoms with Crippen molar-refractivity contribution in [3.8, 4) is 0 Å². The van der Waals surface area contributed by atoms with E-state index in [0.29, 0.717) is 6.04 Å². The van der Waals surface area contributed by atoms with Gasteiger partial charge >= 0.3 is 0 Å². The number of nitrogens with zero attached hydrogens (tertiary/aromatic N) is 1. The van der Waals surface area contributed by atoms with Crippen molar-refractivity contribution in [2.45, 2.75) is 38.3 Å². The van der Waals surface area contributed by atoms with Crippen LogP contribution in [0, 0.1) is 0 Å². The molecule has 5 heteroatoms. The van der Waals surface area contributed by atoms with Crippen LogP contribution in [0.3, 0.4) is 0 Å². The molecular formula is C18H25ClN4. The number of fused-ring (bicyclic) bond motifs is 1. The monoisotopic (exact) mass is 332 g/mol. The highest BCUT2D eigenvalue weighted by Gasteiger charge is 2.17. The van der Waals surface area contributed by atoms with Gasteiger partial charge in [0.15, 0.2) is 0 Å². The zero-order chi connectivity index (χ0) is 15.6. The molecule has 4 rings (SSSR count). The topological polar surface area (TPSA) is 43.1 Å². The molecule has 0 unspecified atom stereocenters. The minimum atomic E-state index is 0.594. The molecule has 1 aliphatic heterocycles. The van der Waals surface area contributed by atoms with E-state index < -0.39 is 0 Å². The molecule has 0 amide bonds. The number of benzene rings is 1. The Morgan fingerprint density at radius 3 is 2.70 bits per heavy atom. The maximum atomic E-state index is 6.34. The van der Waals surface area contributed by atoms with Gasteiger partial charge in [-0.25, -0.2) is 0 Å². The van der Waals surface area contributed by atoms with Crippen LogP contribution in [0.15, 0.2) is 18.2 Å². The fraction of sp³-hybridized carbons (Fsp3) is 0.556. The van der Waals surface area contributed by atoms with Gasteiger partial charge in [0.1, 0.15) is 0 Å². The minimum Gasteiger partial charge on any atom is -0.381 e. The summed E-state index contributed by atoms with van der Waals surface area (Å²) >= 11 is 6.34. The Labute approximate surface area is 142 Å². The zero-order valence-corrected chi connectivity index (χ0v) is 14.3. The molecule has 0 spiro atoms. The van der Waals surface area contributed by atoms with Gasteiger partial charge < -0.3 is 15.6 Å².